The van der Waals surface area contributed by atoms with Crippen LogP contribution in [0.1, 0.15) is 53.9 Å². The Morgan fingerprint density at radius 3 is 2.00 bits per heavy atom. The van der Waals surface area contributed by atoms with Gasteiger partial charge >= 0.3 is 0 Å². The first-order valence-corrected chi connectivity index (χ1v) is 7.25. The van der Waals surface area contributed by atoms with Gasteiger partial charge in [0, 0.05) is 24.7 Å². The molecule has 0 bridgehead atoms. The molecule has 1 aliphatic heterocycles. The van der Waals surface area contributed by atoms with Gasteiger partial charge in [0.05, 0.1) is 0 Å². The molecule has 0 spiro atoms. The van der Waals surface area contributed by atoms with Crippen LogP contribution in [-0.2, 0) is 0 Å². The molecule has 2 N–H and O–H groups in total. The zero-order valence-electron chi connectivity index (χ0n) is 12.3. The second kappa shape index (κ2) is 4.24. The molecule has 0 radical (unpaired) electrons. The number of hydrogen-bond acceptors (Lipinski definition) is 2. The standard InChI is InChI=1S/C15H30N2/c1-11-9-17(10-12(2)14(11,3)4)13-6-7-15(5,16)8-13/h11-13H,6-10,16H2,1-5H3. The molecule has 4 unspecified atom stereocenters. The minimum atomic E-state index is 0.0874. The summed E-state index contributed by atoms with van der Waals surface area (Å²) in [5.41, 5.74) is 6.85. The van der Waals surface area contributed by atoms with Crippen LogP contribution in [-0.4, -0.2) is 29.6 Å². The van der Waals surface area contributed by atoms with Gasteiger partial charge in [-0.25, -0.2) is 0 Å². The highest BCUT2D eigenvalue weighted by Crippen LogP contribution is 2.42. The predicted molar refractivity (Wildman–Crippen MR) is 73.9 cm³/mol. The van der Waals surface area contributed by atoms with E-state index in [2.05, 4.69) is 39.5 Å². The second-order valence-corrected chi connectivity index (χ2v) is 7.63. The molecule has 0 aromatic rings. The van der Waals surface area contributed by atoms with Crippen molar-refractivity contribution in [2.45, 2.75) is 65.5 Å². The topological polar surface area (TPSA) is 29.3 Å². The lowest BCUT2D eigenvalue weighted by Gasteiger charge is -2.49. The molecule has 100 valence electrons. The van der Waals surface area contributed by atoms with E-state index < -0.39 is 0 Å². The van der Waals surface area contributed by atoms with Crippen LogP contribution in [0.5, 0.6) is 0 Å². The Hall–Kier alpha value is -0.0800. The monoisotopic (exact) mass is 238 g/mol. The molecule has 2 fully saturated rings. The summed E-state index contributed by atoms with van der Waals surface area (Å²) in [5, 5.41) is 0. The van der Waals surface area contributed by atoms with E-state index in [4.69, 9.17) is 5.73 Å². The van der Waals surface area contributed by atoms with E-state index in [9.17, 15) is 0 Å². The minimum absolute atomic E-state index is 0.0874. The summed E-state index contributed by atoms with van der Waals surface area (Å²) in [7, 11) is 0. The van der Waals surface area contributed by atoms with Gasteiger partial charge in [-0.3, -0.25) is 4.90 Å². The summed E-state index contributed by atoms with van der Waals surface area (Å²) in [6.45, 7) is 14.4. The van der Waals surface area contributed by atoms with Crippen LogP contribution in [0.4, 0.5) is 0 Å². The van der Waals surface area contributed by atoms with Crippen molar-refractivity contribution in [2.75, 3.05) is 13.1 Å². The maximum Gasteiger partial charge on any atom is 0.0141 e. The molecule has 2 rings (SSSR count). The number of likely N-dealkylation sites (tertiary alicyclic amines) is 1. The zero-order valence-corrected chi connectivity index (χ0v) is 12.3. The van der Waals surface area contributed by atoms with E-state index in [1.807, 2.05) is 0 Å². The van der Waals surface area contributed by atoms with Crippen LogP contribution in [0, 0.1) is 17.3 Å². The summed E-state index contributed by atoms with van der Waals surface area (Å²) in [6, 6.07) is 0.742. The fraction of sp³-hybridized carbons (Fsp3) is 1.00. The van der Waals surface area contributed by atoms with Gasteiger partial charge in [0.2, 0.25) is 0 Å². The highest BCUT2D eigenvalue weighted by molar-refractivity contribution is 4.98. The molecule has 1 saturated carbocycles. The lowest BCUT2D eigenvalue weighted by atomic mass is 9.67. The first kappa shape index (κ1) is 13.4. The molecule has 0 aromatic heterocycles. The van der Waals surface area contributed by atoms with Crippen LogP contribution in [0.3, 0.4) is 0 Å². The van der Waals surface area contributed by atoms with Crippen molar-refractivity contribution in [2.24, 2.45) is 23.0 Å². The van der Waals surface area contributed by atoms with Gasteiger partial charge in [-0.05, 0) is 43.4 Å². The minimum Gasteiger partial charge on any atom is -0.325 e. The first-order chi connectivity index (χ1) is 7.72. The number of nitrogens with zero attached hydrogens (tertiary/aromatic N) is 1. The van der Waals surface area contributed by atoms with Gasteiger partial charge in [-0.2, -0.15) is 0 Å². The van der Waals surface area contributed by atoms with E-state index >= 15 is 0 Å². The molecule has 17 heavy (non-hydrogen) atoms. The molecule has 0 amide bonds. The van der Waals surface area contributed by atoms with Crippen molar-refractivity contribution < 1.29 is 0 Å². The SMILES string of the molecule is CC1CN(C2CCC(C)(N)C2)CC(C)C1(C)C. The third-order valence-corrected chi connectivity index (χ3v) is 5.82. The van der Waals surface area contributed by atoms with Crippen molar-refractivity contribution in [3.05, 3.63) is 0 Å². The van der Waals surface area contributed by atoms with Gasteiger partial charge in [0.25, 0.3) is 0 Å². The number of nitrogens with two attached hydrogens (primary N) is 1. The fourth-order valence-electron chi connectivity index (χ4n) is 3.58. The van der Waals surface area contributed by atoms with Gasteiger partial charge in [0.15, 0.2) is 0 Å². The van der Waals surface area contributed by atoms with Gasteiger partial charge < -0.3 is 5.73 Å². The second-order valence-electron chi connectivity index (χ2n) is 7.63. The van der Waals surface area contributed by atoms with Gasteiger partial charge in [-0.1, -0.05) is 27.7 Å². The lowest BCUT2D eigenvalue weighted by molar-refractivity contribution is -0.00461. The van der Waals surface area contributed by atoms with Crippen molar-refractivity contribution in [3.8, 4) is 0 Å². The molecule has 1 saturated heterocycles. The quantitative estimate of drug-likeness (QED) is 0.761. The number of hydrogen-bond donors (Lipinski definition) is 1. The third-order valence-electron chi connectivity index (χ3n) is 5.82. The highest BCUT2D eigenvalue weighted by atomic mass is 15.2. The predicted octanol–water partition coefficient (Wildman–Crippen LogP) is 2.87. The molecule has 2 heteroatoms. The largest absolute Gasteiger partial charge is 0.325 e. The summed E-state index contributed by atoms with van der Waals surface area (Å²) in [5.74, 6) is 1.58. The number of piperidine rings is 1. The van der Waals surface area contributed by atoms with Crippen LogP contribution >= 0.6 is 0 Å². The molecule has 1 heterocycles. The van der Waals surface area contributed by atoms with Crippen LogP contribution in [0.15, 0.2) is 0 Å². The van der Waals surface area contributed by atoms with Crippen molar-refractivity contribution >= 4 is 0 Å². The Balaban J connectivity index is 2.01. The van der Waals surface area contributed by atoms with Crippen LogP contribution < -0.4 is 5.73 Å². The van der Waals surface area contributed by atoms with E-state index in [0.29, 0.717) is 5.41 Å². The molecular formula is C15H30N2. The molecule has 2 aliphatic rings. The van der Waals surface area contributed by atoms with E-state index in [-0.39, 0.29) is 5.54 Å². The maximum atomic E-state index is 6.27. The average Bonchev–Trinajstić information content (AvgIpc) is 2.55. The first-order valence-electron chi connectivity index (χ1n) is 7.25. The number of rotatable bonds is 1. The van der Waals surface area contributed by atoms with Gasteiger partial charge in [0.1, 0.15) is 0 Å². The molecule has 1 aliphatic carbocycles. The average molecular weight is 238 g/mol. The van der Waals surface area contributed by atoms with Crippen molar-refractivity contribution in [1.29, 1.82) is 0 Å². The fourth-order valence-corrected chi connectivity index (χ4v) is 3.58. The molecular weight excluding hydrogens is 208 g/mol. The van der Waals surface area contributed by atoms with Crippen molar-refractivity contribution in [3.63, 3.8) is 0 Å². The molecule has 0 aromatic carbocycles. The summed E-state index contributed by atoms with van der Waals surface area (Å²) >= 11 is 0. The van der Waals surface area contributed by atoms with Gasteiger partial charge in [-0.15, -0.1) is 0 Å². The lowest BCUT2D eigenvalue weighted by Crippen LogP contribution is -2.52. The Morgan fingerprint density at radius 1 is 1.06 bits per heavy atom. The molecule has 2 nitrogen and oxygen atoms in total. The Labute approximate surface area is 107 Å². The Morgan fingerprint density at radius 2 is 1.59 bits per heavy atom. The summed E-state index contributed by atoms with van der Waals surface area (Å²) < 4.78 is 0. The van der Waals surface area contributed by atoms with E-state index in [0.717, 1.165) is 17.9 Å². The van der Waals surface area contributed by atoms with E-state index in [1.165, 1.54) is 32.4 Å². The Bertz CT molecular complexity index is 269. The van der Waals surface area contributed by atoms with Crippen LogP contribution in [0.2, 0.25) is 0 Å². The molecule has 4 atom stereocenters. The van der Waals surface area contributed by atoms with E-state index in [1.54, 1.807) is 0 Å². The smallest absolute Gasteiger partial charge is 0.0141 e. The van der Waals surface area contributed by atoms with Crippen LogP contribution in [0.25, 0.3) is 0 Å². The van der Waals surface area contributed by atoms with Crippen molar-refractivity contribution in [1.82, 2.24) is 4.90 Å². The Kier molecular flexibility index (Phi) is 3.33. The zero-order chi connectivity index (χ0) is 12.8. The third kappa shape index (κ3) is 2.53. The summed E-state index contributed by atoms with van der Waals surface area (Å²) in [4.78, 5) is 2.72. The maximum absolute atomic E-state index is 6.27. The normalized spacial score (nSPS) is 47.3. The summed E-state index contributed by atoms with van der Waals surface area (Å²) in [6.07, 6.45) is 3.68. The highest BCUT2D eigenvalue weighted by Gasteiger charge is 2.42.